The van der Waals surface area contributed by atoms with Crippen LogP contribution in [0.1, 0.15) is 26.7 Å². The van der Waals surface area contributed by atoms with Crippen LogP contribution in [-0.2, 0) is 0 Å². The van der Waals surface area contributed by atoms with E-state index in [4.69, 9.17) is 0 Å². The number of hydrogen-bond acceptors (Lipinski definition) is 2. The van der Waals surface area contributed by atoms with Crippen LogP contribution < -0.4 is 0 Å². The smallest absolute Gasteiger partial charge is 0.0956 e. The van der Waals surface area contributed by atoms with Crippen molar-refractivity contribution < 1.29 is 5.11 Å². The summed E-state index contributed by atoms with van der Waals surface area (Å²) >= 11 is 0. The molecule has 0 aliphatic carbocycles. The van der Waals surface area contributed by atoms with Gasteiger partial charge in [0.25, 0.3) is 0 Å². The van der Waals surface area contributed by atoms with E-state index in [9.17, 15) is 5.11 Å². The first-order valence-electron chi connectivity index (χ1n) is 4.59. The average molecular weight is 169 g/mol. The highest BCUT2D eigenvalue weighted by Gasteiger charge is 2.28. The van der Waals surface area contributed by atoms with E-state index in [2.05, 4.69) is 11.9 Å². The van der Waals surface area contributed by atoms with Gasteiger partial charge in [-0.05, 0) is 40.3 Å². The van der Waals surface area contributed by atoms with E-state index in [1.807, 2.05) is 19.9 Å². The van der Waals surface area contributed by atoms with Crippen LogP contribution in [-0.4, -0.2) is 35.7 Å². The van der Waals surface area contributed by atoms with E-state index in [0.29, 0.717) is 0 Å². The fourth-order valence-electron chi connectivity index (χ4n) is 1.94. The van der Waals surface area contributed by atoms with Crippen LogP contribution in [0.2, 0.25) is 0 Å². The van der Waals surface area contributed by atoms with E-state index >= 15 is 0 Å². The number of likely N-dealkylation sites (tertiary alicyclic amines) is 1. The zero-order valence-corrected chi connectivity index (χ0v) is 8.30. The Kier molecular flexibility index (Phi) is 2.91. The number of allylic oxidation sites excluding steroid dienone is 1. The van der Waals surface area contributed by atoms with Crippen molar-refractivity contribution in [2.75, 3.05) is 20.1 Å². The molecule has 1 rings (SSSR count). The van der Waals surface area contributed by atoms with Gasteiger partial charge in [-0.15, -0.1) is 0 Å². The van der Waals surface area contributed by atoms with Gasteiger partial charge in [0.2, 0.25) is 0 Å². The third-order valence-corrected chi connectivity index (χ3v) is 2.25. The summed E-state index contributed by atoms with van der Waals surface area (Å²) in [5.74, 6) is 0. The van der Waals surface area contributed by atoms with Gasteiger partial charge in [-0.3, -0.25) is 0 Å². The first-order valence-corrected chi connectivity index (χ1v) is 4.59. The lowest BCUT2D eigenvalue weighted by molar-refractivity contribution is 0.0174. The van der Waals surface area contributed by atoms with Crippen LogP contribution in [0.15, 0.2) is 11.6 Å². The lowest BCUT2D eigenvalue weighted by Crippen LogP contribution is -2.45. The second-order valence-corrected chi connectivity index (χ2v) is 4.17. The molecule has 0 saturated carbocycles. The van der Waals surface area contributed by atoms with Crippen LogP contribution in [0.3, 0.4) is 0 Å². The molecule has 12 heavy (non-hydrogen) atoms. The summed E-state index contributed by atoms with van der Waals surface area (Å²) in [4.78, 5) is 2.18. The molecule has 2 nitrogen and oxygen atoms in total. The van der Waals surface area contributed by atoms with Gasteiger partial charge in [-0.1, -0.05) is 11.6 Å². The standard InChI is InChI=1S/C10H19NO/c1-9(2)7-10(12)5-4-6-11(3)8-10/h7,12H,4-6,8H2,1-3H3. The molecule has 1 heterocycles. The fourth-order valence-corrected chi connectivity index (χ4v) is 1.94. The van der Waals surface area contributed by atoms with Crippen molar-refractivity contribution in [1.82, 2.24) is 4.90 Å². The lowest BCUT2D eigenvalue weighted by atomic mass is 9.91. The van der Waals surface area contributed by atoms with Crippen molar-refractivity contribution in [3.8, 4) is 0 Å². The van der Waals surface area contributed by atoms with Crippen LogP contribution in [0, 0.1) is 0 Å². The third kappa shape index (κ3) is 2.61. The van der Waals surface area contributed by atoms with Gasteiger partial charge in [-0.25, -0.2) is 0 Å². The molecular formula is C10H19NO. The predicted octanol–water partition coefficient (Wildman–Crippen LogP) is 1.41. The molecule has 1 atom stereocenters. The quantitative estimate of drug-likeness (QED) is 0.600. The fraction of sp³-hybridized carbons (Fsp3) is 0.800. The van der Waals surface area contributed by atoms with Gasteiger partial charge < -0.3 is 10.0 Å². The van der Waals surface area contributed by atoms with Gasteiger partial charge in [0.05, 0.1) is 5.60 Å². The zero-order chi connectivity index (χ0) is 9.19. The third-order valence-electron chi connectivity index (χ3n) is 2.25. The minimum absolute atomic E-state index is 0.564. The Balaban J connectivity index is 2.63. The number of β-amino-alcohol motifs (C(OH)–C–C–N with tert-alkyl or cyclic N) is 1. The first-order chi connectivity index (χ1) is 5.52. The van der Waals surface area contributed by atoms with Gasteiger partial charge in [0.15, 0.2) is 0 Å². The molecule has 2 heteroatoms. The Hall–Kier alpha value is -0.340. The van der Waals surface area contributed by atoms with Crippen LogP contribution in [0.4, 0.5) is 0 Å². The average Bonchev–Trinajstić information content (AvgIpc) is 1.82. The molecule has 1 fully saturated rings. The summed E-state index contributed by atoms with van der Waals surface area (Å²) in [5.41, 5.74) is 0.638. The van der Waals surface area contributed by atoms with Gasteiger partial charge in [0, 0.05) is 6.54 Å². The molecule has 1 N–H and O–H groups in total. The maximum absolute atomic E-state index is 10.1. The summed E-state index contributed by atoms with van der Waals surface area (Å²) in [6.07, 6.45) is 3.99. The minimum atomic E-state index is -0.564. The topological polar surface area (TPSA) is 23.5 Å². The van der Waals surface area contributed by atoms with E-state index < -0.39 is 5.60 Å². The van der Waals surface area contributed by atoms with Crippen LogP contribution in [0.25, 0.3) is 0 Å². The van der Waals surface area contributed by atoms with Crippen molar-refractivity contribution in [1.29, 1.82) is 0 Å². The normalized spacial score (nSPS) is 31.7. The molecule has 70 valence electrons. The first kappa shape index (κ1) is 9.75. The number of aliphatic hydroxyl groups is 1. The molecule has 1 unspecified atom stereocenters. The van der Waals surface area contributed by atoms with E-state index in [-0.39, 0.29) is 0 Å². The van der Waals surface area contributed by atoms with Crippen molar-refractivity contribution in [3.63, 3.8) is 0 Å². The molecule has 1 saturated heterocycles. The number of rotatable bonds is 1. The van der Waals surface area contributed by atoms with Gasteiger partial charge in [-0.2, -0.15) is 0 Å². The summed E-state index contributed by atoms with van der Waals surface area (Å²) in [5, 5.41) is 10.1. The van der Waals surface area contributed by atoms with Crippen LogP contribution in [0.5, 0.6) is 0 Å². The Morgan fingerprint density at radius 2 is 2.17 bits per heavy atom. The highest BCUT2D eigenvalue weighted by atomic mass is 16.3. The van der Waals surface area contributed by atoms with E-state index in [0.717, 1.165) is 25.9 Å². The zero-order valence-electron chi connectivity index (χ0n) is 8.30. The van der Waals surface area contributed by atoms with Crippen LogP contribution >= 0.6 is 0 Å². The maximum atomic E-state index is 10.1. The summed E-state index contributed by atoms with van der Waals surface area (Å²) in [6.45, 7) is 5.95. The van der Waals surface area contributed by atoms with Crippen molar-refractivity contribution in [2.24, 2.45) is 0 Å². The summed E-state index contributed by atoms with van der Waals surface area (Å²) in [6, 6.07) is 0. The number of nitrogens with zero attached hydrogens (tertiary/aromatic N) is 1. The van der Waals surface area contributed by atoms with Gasteiger partial charge >= 0.3 is 0 Å². The molecule has 0 radical (unpaired) electrons. The summed E-state index contributed by atoms with van der Waals surface area (Å²) in [7, 11) is 2.06. The monoisotopic (exact) mass is 169 g/mol. The van der Waals surface area contributed by atoms with Crippen molar-refractivity contribution >= 4 is 0 Å². The van der Waals surface area contributed by atoms with Crippen molar-refractivity contribution in [3.05, 3.63) is 11.6 Å². The van der Waals surface area contributed by atoms with E-state index in [1.165, 1.54) is 5.57 Å². The lowest BCUT2D eigenvalue weighted by Gasteiger charge is -2.35. The Morgan fingerprint density at radius 3 is 2.67 bits per heavy atom. The Bertz CT molecular complexity index is 184. The van der Waals surface area contributed by atoms with E-state index in [1.54, 1.807) is 0 Å². The number of hydrogen-bond donors (Lipinski definition) is 1. The molecule has 0 bridgehead atoms. The Morgan fingerprint density at radius 1 is 1.50 bits per heavy atom. The molecule has 1 aliphatic heterocycles. The largest absolute Gasteiger partial charge is 0.384 e. The predicted molar refractivity (Wildman–Crippen MR) is 51.1 cm³/mol. The summed E-state index contributed by atoms with van der Waals surface area (Å²) < 4.78 is 0. The minimum Gasteiger partial charge on any atom is -0.384 e. The molecule has 0 aromatic rings. The second-order valence-electron chi connectivity index (χ2n) is 4.17. The molecule has 0 aromatic carbocycles. The maximum Gasteiger partial charge on any atom is 0.0956 e. The van der Waals surface area contributed by atoms with Crippen molar-refractivity contribution in [2.45, 2.75) is 32.3 Å². The highest BCUT2D eigenvalue weighted by molar-refractivity contribution is 5.09. The number of piperidine rings is 1. The number of likely N-dealkylation sites (N-methyl/N-ethyl adjacent to an activating group) is 1. The second kappa shape index (κ2) is 3.58. The molecule has 0 spiro atoms. The highest BCUT2D eigenvalue weighted by Crippen LogP contribution is 2.22. The Labute approximate surface area is 74.9 Å². The molecule has 0 amide bonds. The SMILES string of the molecule is CC(C)=CC1(O)CCCN(C)C1. The molecule has 1 aliphatic rings. The molecule has 0 aromatic heterocycles. The van der Waals surface area contributed by atoms with Gasteiger partial charge in [0.1, 0.15) is 0 Å². The molecular weight excluding hydrogens is 150 g/mol.